The smallest absolute Gasteiger partial charge is 0.277 e. The molecule has 0 aliphatic rings. The second-order valence-corrected chi connectivity index (χ2v) is 7.42. The zero-order valence-corrected chi connectivity index (χ0v) is 16.3. The summed E-state index contributed by atoms with van der Waals surface area (Å²) in [5.74, 6) is 0. The lowest BCUT2D eigenvalue weighted by molar-refractivity contribution is 0.283. The van der Waals surface area contributed by atoms with Gasteiger partial charge in [0, 0.05) is 28.0 Å². The second kappa shape index (κ2) is 7.13. The van der Waals surface area contributed by atoms with Crippen LogP contribution in [0.4, 0.5) is 0 Å². The molecule has 0 aliphatic heterocycles. The molecule has 0 amide bonds. The fraction of sp³-hybridized carbons (Fsp3) is 0.143. The maximum atomic E-state index is 13.1. The zero-order valence-electron chi connectivity index (χ0n) is 14.8. The highest BCUT2D eigenvalue weighted by molar-refractivity contribution is 9.10. The van der Waals surface area contributed by atoms with E-state index in [1.807, 2.05) is 55.5 Å². The van der Waals surface area contributed by atoms with Gasteiger partial charge in [0.25, 0.3) is 5.56 Å². The van der Waals surface area contributed by atoms with Gasteiger partial charge in [0.1, 0.15) is 5.52 Å². The third-order valence-electron chi connectivity index (χ3n) is 4.58. The van der Waals surface area contributed by atoms with Crippen LogP contribution >= 0.6 is 15.9 Å². The Bertz CT molecular complexity index is 1180. The average Bonchev–Trinajstić information content (AvgIpc) is 3.04. The van der Waals surface area contributed by atoms with Gasteiger partial charge in [0.05, 0.1) is 18.8 Å². The first-order valence-electron chi connectivity index (χ1n) is 8.60. The lowest BCUT2D eigenvalue weighted by Crippen LogP contribution is -2.22. The third-order valence-corrected chi connectivity index (χ3v) is 5.08. The molecule has 136 valence electrons. The minimum Gasteiger partial charge on any atom is -0.392 e. The van der Waals surface area contributed by atoms with E-state index < -0.39 is 0 Å². The van der Waals surface area contributed by atoms with Crippen molar-refractivity contribution in [3.63, 3.8) is 0 Å². The van der Waals surface area contributed by atoms with E-state index in [1.165, 1.54) is 0 Å². The first kappa shape index (κ1) is 17.7. The summed E-state index contributed by atoms with van der Waals surface area (Å²) in [6, 6.07) is 15.7. The molecule has 0 atom stereocenters. The van der Waals surface area contributed by atoms with Crippen LogP contribution in [0.25, 0.3) is 16.8 Å². The Morgan fingerprint density at radius 1 is 1.11 bits per heavy atom. The molecule has 0 bridgehead atoms. The van der Waals surface area contributed by atoms with Crippen molar-refractivity contribution in [3.8, 4) is 11.3 Å². The monoisotopic (exact) mass is 423 g/mol. The number of aryl methyl sites for hydroxylation is 1. The molecule has 0 fully saturated rings. The molecule has 2 aromatic heterocycles. The topological polar surface area (TPSA) is 59.5 Å². The number of aliphatic hydroxyl groups excluding tert-OH is 1. The van der Waals surface area contributed by atoms with Gasteiger partial charge in [-0.3, -0.25) is 4.79 Å². The van der Waals surface area contributed by atoms with E-state index in [0.29, 0.717) is 23.3 Å². The van der Waals surface area contributed by atoms with Gasteiger partial charge in [-0.05, 0) is 24.6 Å². The Kier molecular flexibility index (Phi) is 4.68. The number of aromatic nitrogens is 3. The van der Waals surface area contributed by atoms with E-state index in [1.54, 1.807) is 21.5 Å². The SMILES string of the molecule is Cc1ccc(-c2nn3ccn(Cc4cccc(Br)c4)c(=O)c3c2CO)cc1. The van der Waals surface area contributed by atoms with Crippen molar-refractivity contribution < 1.29 is 5.11 Å². The standard InChI is InChI=1S/C21H18BrN3O2/c1-14-5-7-16(8-6-14)19-18(13-26)20-21(27)24(9-10-25(20)23-19)12-15-3-2-4-17(22)11-15/h2-11,26H,12-13H2,1H3. The van der Waals surface area contributed by atoms with Crippen molar-refractivity contribution in [2.75, 3.05) is 0 Å². The molecule has 0 radical (unpaired) electrons. The van der Waals surface area contributed by atoms with E-state index >= 15 is 0 Å². The molecular formula is C21H18BrN3O2. The predicted octanol–water partition coefficient (Wildman–Crippen LogP) is 3.77. The Morgan fingerprint density at radius 2 is 1.89 bits per heavy atom. The van der Waals surface area contributed by atoms with Crippen molar-refractivity contribution in [2.45, 2.75) is 20.1 Å². The Balaban J connectivity index is 1.85. The molecule has 2 aromatic carbocycles. The van der Waals surface area contributed by atoms with Gasteiger partial charge in [0.15, 0.2) is 0 Å². The summed E-state index contributed by atoms with van der Waals surface area (Å²) >= 11 is 3.46. The molecule has 0 unspecified atom stereocenters. The highest BCUT2D eigenvalue weighted by Gasteiger charge is 2.17. The van der Waals surface area contributed by atoms with Gasteiger partial charge >= 0.3 is 0 Å². The highest BCUT2D eigenvalue weighted by atomic mass is 79.9. The molecule has 4 aromatic rings. The molecule has 6 heteroatoms. The van der Waals surface area contributed by atoms with Gasteiger partial charge in [-0.15, -0.1) is 0 Å². The minimum absolute atomic E-state index is 0.174. The van der Waals surface area contributed by atoms with E-state index in [0.717, 1.165) is 21.2 Å². The van der Waals surface area contributed by atoms with E-state index in [9.17, 15) is 9.90 Å². The van der Waals surface area contributed by atoms with Crippen LogP contribution in [0.1, 0.15) is 16.7 Å². The number of fused-ring (bicyclic) bond motifs is 1. The van der Waals surface area contributed by atoms with Crippen LogP contribution in [0, 0.1) is 6.92 Å². The Labute approximate surface area is 164 Å². The number of benzene rings is 2. The van der Waals surface area contributed by atoms with E-state index in [2.05, 4.69) is 21.0 Å². The van der Waals surface area contributed by atoms with Crippen molar-refractivity contribution in [1.29, 1.82) is 0 Å². The number of hydrogen-bond acceptors (Lipinski definition) is 3. The van der Waals surface area contributed by atoms with Gasteiger partial charge in [-0.1, -0.05) is 57.9 Å². The Hall–Kier alpha value is -2.70. The van der Waals surface area contributed by atoms with Gasteiger partial charge < -0.3 is 9.67 Å². The molecule has 0 saturated carbocycles. The van der Waals surface area contributed by atoms with Crippen LogP contribution in [0.3, 0.4) is 0 Å². The largest absolute Gasteiger partial charge is 0.392 e. The number of aliphatic hydroxyl groups is 1. The van der Waals surface area contributed by atoms with Crippen molar-refractivity contribution in [1.82, 2.24) is 14.2 Å². The van der Waals surface area contributed by atoms with Crippen LogP contribution < -0.4 is 5.56 Å². The van der Waals surface area contributed by atoms with E-state index in [4.69, 9.17) is 0 Å². The molecule has 0 spiro atoms. The van der Waals surface area contributed by atoms with Crippen LogP contribution in [0.2, 0.25) is 0 Å². The average molecular weight is 424 g/mol. The van der Waals surface area contributed by atoms with Crippen LogP contribution in [0.5, 0.6) is 0 Å². The summed E-state index contributed by atoms with van der Waals surface area (Å²) in [7, 11) is 0. The number of nitrogens with zero attached hydrogens (tertiary/aromatic N) is 3. The zero-order chi connectivity index (χ0) is 19.0. The molecule has 4 rings (SSSR count). The Morgan fingerprint density at radius 3 is 2.59 bits per heavy atom. The summed E-state index contributed by atoms with van der Waals surface area (Å²) in [6.07, 6.45) is 3.48. The summed E-state index contributed by atoms with van der Waals surface area (Å²) < 4.78 is 4.16. The van der Waals surface area contributed by atoms with E-state index in [-0.39, 0.29) is 12.2 Å². The summed E-state index contributed by atoms with van der Waals surface area (Å²) in [5.41, 5.74) is 4.45. The highest BCUT2D eigenvalue weighted by Crippen LogP contribution is 2.25. The number of rotatable bonds is 4. The predicted molar refractivity (Wildman–Crippen MR) is 109 cm³/mol. The van der Waals surface area contributed by atoms with Gasteiger partial charge in [0.2, 0.25) is 0 Å². The van der Waals surface area contributed by atoms with Crippen LogP contribution in [-0.4, -0.2) is 19.3 Å². The van der Waals surface area contributed by atoms with Crippen molar-refractivity contribution >= 4 is 21.4 Å². The summed E-state index contributed by atoms with van der Waals surface area (Å²) in [6.45, 7) is 2.22. The number of hydrogen-bond donors (Lipinski definition) is 1. The fourth-order valence-electron chi connectivity index (χ4n) is 3.20. The molecule has 0 aliphatic carbocycles. The van der Waals surface area contributed by atoms with Crippen LogP contribution in [-0.2, 0) is 13.2 Å². The lowest BCUT2D eigenvalue weighted by Gasteiger charge is -2.07. The molecule has 2 heterocycles. The maximum Gasteiger partial charge on any atom is 0.277 e. The first-order valence-corrected chi connectivity index (χ1v) is 9.39. The molecule has 0 saturated heterocycles. The second-order valence-electron chi connectivity index (χ2n) is 6.51. The van der Waals surface area contributed by atoms with Gasteiger partial charge in [-0.2, -0.15) is 5.10 Å². The summed E-state index contributed by atoms with van der Waals surface area (Å²) in [5, 5.41) is 14.5. The number of halogens is 1. The molecular weight excluding hydrogens is 406 g/mol. The normalized spacial score (nSPS) is 11.2. The summed E-state index contributed by atoms with van der Waals surface area (Å²) in [4.78, 5) is 13.1. The minimum atomic E-state index is -0.247. The first-order chi connectivity index (χ1) is 13.1. The molecule has 5 nitrogen and oxygen atoms in total. The molecule has 27 heavy (non-hydrogen) atoms. The lowest BCUT2D eigenvalue weighted by atomic mass is 10.1. The third kappa shape index (κ3) is 3.34. The quantitative estimate of drug-likeness (QED) is 0.543. The van der Waals surface area contributed by atoms with Crippen LogP contribution in [0.15, 0.2) is 70.2 Å². The maximum absolute atomic E-state index is 13.1. The fourth-order valence-corrected chi connectivity index (χ4v) is 3.65. The van der Waals surface area contributed by atoms with Crippen molar-refractivity contribution in [2.24, 2.45) is 0 Å². The van der Waals surface area contributed by atoms with Gasteiger partial charge in [-0.25, -0.2) is 4.52 Å². The van der Waals surface area contributed by atoms with Crippen molar-refractivity contribution in [3.05, 3.63) is 92.4 Å². The molecule has 1 N–H and O–H groups in total.